The zero-order valence-corrected chi connectivity index (χ0v) is 14.1. The van der Waals surface area contributed by atoms with E-state index in [0.717, 1.165) is 33.9 Å². The van der Waals surface area contributed by atoms with Crippen LogP contribution in [0.15, 0.2) is 67.0 Å². The van der Waals surface area contributed by atoms with Gasteiger partial charge >= 0.3 is 0 Å². The summed E-state index contributed by atoms with van der Waals surface area (Å²) in [6, 6.07) is 17.3. The molecule has 0 fully saturated rings. The number of nitrogens with one attached hydrogen (secondary N) is 2. The molecule has 1 aromatic heterocycles. The van der Waals surface area contributed by atoms with Crippen molar-refractivity contribution in [3.05, 3.63) is 78.1 Å². The van der Waals surface area contributed by atoms with E-state index in [4.69, 9.17) is 5.73 Å². The summed E-state index contributed by atoms with van der Waals surface area (Å²) in [6.45, 7) is 0.897. The standard InChI is InChI=1S/C20H19N5O/c21-13-23-16-2-1-3-18(11-16)25-12-14-10-17(4-5-19(14)20(25)26)24-15-6-8-22-9-7-15/h1-11,23H,12-13,21H2,(H,22,24). The molecule has 4 rings (SSSR count). The molecule has 2 aromatic carbocycles. The number of rotatable bonds is 5. The van der Waals surface area contributed by atoms with E-state index in [1.54, 1.807) is 17.3 Å². The van der Waals surface area contributed by atoms with Crippen LogP contribution in [0.3, 0.4) is 0 Å². The van der Waals surface area contributed by atoms with E-state index in [1.165, 1.54) is 0 Å². The van der Waals surface area contributed by atoms with Gasteiger partial charge < -0.3 is 21.3 Å². The van der Waals surface area contributed by atoms with E-state index in [-0.39, 0.29) is 5.91 Å². The lowest BCUT2D eigenvalue weighted by molar-refractivity contribution is 0.0996. The summed E-state index contributed by atoms with van der Waals surface area (Å²) < 4.78 is 0. The number of carbonyl (C=O) groups excluding carboxylic acids is 1. The molecule has 3 aromatic rings. The first kappa shape index (κ1) is 16.1. The van der Waals surface area contributed by atoms with Crippen molar-refractivity contribution in [2.45, 2.75) is 6.54 Å². The Kier molecular flexibility index (Phi) is 4.25. The molecule has 4 N–H and O–H groups in total. The minimum absolute atomic E-state index is 0.0142. The van der Waals surface area contributed by atoms with Gasteiger partial charge in [-0.1, -0.05) is 6.07 Å². The molecule has 0 bridgehead atoms. The molecule has 0 saturated heterocycles. The van der Waals surface area contributed by atoms with Crippen LogP contribution in [-0.4, -0.2) is 17.6 Å². The average molecular weight is 345 g/mol. The highest BCUT2D eigenvalue weighted by Crippen LogP contribution is 2.31. The average Bonchev–Trinajstić information content (AvgIpc) is 2.99. The quantitative estimate of drug-likeness (QED) is 0.618. The van der Waals surface area contributed by atoms with Crippen LogP contribution in [0.2, 0.25) is 0 Å². The molecule has 1 aliphatic heterocycles. The molecule has 26 heavy (non-hydrogen) atoms. The van der Waals surface area contributed by atoms with E-state index in [1.807, 2.05) is 54.6 Å². The lowest BCUT2D eigenvalue weighted by Gasteiger charge is -2.17. The maximum atomic E-state index is 12.8. The molecule has 6 heteroatoms. The van der Waals surface area contributed by atoms with E-state index < -0.39 is 0 Å². The van der Waals surface area contributed by atoms with E-state index in [2.05, 4.69) is 15.6 Å². The Balaban J connectivity index is 1.58. The zero-order valence-electron chi connectivity index (χ0n) is 14.1. The molecular weight excluding hydrogens is 326 g/mol. The Morgan fingerprint density at radius 1 is 1.00 bits per heavy atom. The van der Waals surface area contributed by atoms with Crippen molar-refractivity contribution in [3.63, 3.8) is 0 Å². The molecule has 0 unspecified atom stereocenters. The van der Waals surface area contributed by atoms with E-state index >= 15 is 0 Å². The summed E-state index contributed by atoms with van der Waals surface area (Å²) >= 11 is 0. The van der Waals surface area contributed by atoms with E-state index in [0.29, 0.717) is 13.2 Å². The zero-order chi connectivity index (χ0) is 17.9. The van der Waals surface area contributed by atoms with Gasteiger partial charge in [-0.15, -0.1) is 0 Å². The predicted octanol–water partition coefficient (Wildman–Crippen LogP) is 3.31. The first-order chi connectivity index (χ1) is 12.7. The molecule has 0 aliphatic carbocycles. The highest BCUT2D eigenvalue weighted by molar-refractivity contribution is 6.10. The third-order valence-electron chi connectivity index (χ3n) is 4.34. The Bertz CT molecular complexity index is 942. The minimum atomic E-state index is 0.0142. The van der Waals surface area contributed by atoms with Crippen molar-refractivity contribution in [3.8, 4) is 0 Å². The number of fused-ring (bicyclic) bond motifs is 1. The molecule has 0 atom stereocenters. The van der Waals surface area contributed by atoms with Gasteiger partial charge in [0.2, 0.25) is 0 Å². The highest BCUT2D eigenvalue weighted by atomic mass is 16.2. The lowest BCUT2D eigenvalue weighted by Crippen LogP contribution is -2.23. The summed E-state index contributed by atoms with van der Waals surface area (Å²) in [5.74, 6) is 0.0142. The van der Waals surface area contributed by atoms with Gasteiger partial charge in [0.15, 0.2) is 0 Å². The summed E-state index contributed by atoms with van der Waals surface area (Å²) in [4.78, 5) is 18.6. The van der Waals surface area contributed by atoms with Crippen molar-refractivity contribution in [1.82, 2.24) is 4.98 Å². The van der Waals surface area contributed by atoms with Crippen LogP contribution < -0.4 is 21.3 Å². The number of pyridine rings is 1. The third kappa shape index (κ3) is 3.10. The Labute approximate surface area is 151 Å². The van der Waals surface area contributed by atoms with Gasteiger partial charge in [0, 0.05) is 40.7 Å². The predicted molar refractivity (Wildman–Crippen MR) is 104 cm³/mol. The van der Waals surface area contributed by atoms with Gasteiger partial charge in [-0.05, 0) is 54.1 Å². The van der Waals surface area contributed by atoms with Gasteiger partial charge in [-0.3, -0.25) is 9.78 Å². The molecule has 0 saturated carbocycles. The molecular formula is C20H19N5O. The molecule has 0 radical (unpaired) electrons. The monoisotopic (exact) mass is 345 g/mol. The van der Waals surface area contributed by atoms with E-state index in [9.17, 15) is 4.79 Å². The second-order valence-electron chi connectivity index (χ2n) is 6.06. The summed E-state index contributed by atoms with van der Waals surface area (Å²) in [5, 5.41) is 6.40. The number of nitrogens with zero attached hydrogens (tertiary/aromatic N) is 2. The van der Waals surface area contributed by atoms with Crippen LogP contribution in [-0.2, 0) is 6.54 Å². The molecule has 6 nitrogen and oxygen atoms in total. The van der Waals surface area contributed by atoms with Gasteiger partial charge in [0.25, 0.3) is 5.91 Å². The topological polar surface area (TPSA) is 83.3 Å². The minimum Gasteiger partial charge on any atom is -0.373 e. The smallest absolute Gasteiger partial charge is 0.258 e. The van der Waals surface area contributed by atoms with Crippen molar-refractivity contribution in [2.24, 2.45) is 5.73 Å². The lowest BCUT2D eigenvalue weighted by atomic mass is 10.1. The van der Waals surface area contributed by atoms with Gasteiger partial charge in [-0.25, -0.2) is 0 Å². The second kappa shape index (κ2) is 6.85. The molecule has 1 amide bonds. The molecule has 1 aliphatic rings. The Hall–Kier alpha value is -3.38. The number of aromatic nitrogens is 1. The second-order valence-corrected chi connectivity index (χ2v) is 6.06. The number of nitrogens with two attached hydrogens (primary N) is 1. The number of carbonyl (C=O) groups is 1. The van der Waals surface area contributed by atoms with Gasteiger partial charge in [0.05, 0.1) is 13.2 Å². The van der Waals surface area contributed by atoms with Crippen molar-refractivity contribution in [2.75, 3.05) is 22.2 Å². The first-order valence-corrected chi connectivity index (χ1v) is 8.40. The number of amides is 1. The van der Waals surface area contributed by atoms with Crippen LogP contribution in [0.5, 0.6) is 0 Å². The molecule has 2 heterocycles. The fraction of sp³-hybridized carbons (Fsp3) is 0.100. The maximum absolute atomic E-state index is 12.8. The van der Waals surface area contributed by atoms with Crippen LogP contribution in [0, 0.1) is 0 Å². The normalized spacial score (nSPS) is 12.8. The largest absolute Gasteiger partial charge is 0.373 e. The highest BCUT2D eigenvalue weighted by Gasteiger charge is 2.28. The molecule has 130 valence electrons. The van der Waals surface area contributed by atoms with Crippen LogP contribution in [0.4, 0.5) is 22.7 Å². The SMILES string of the molecule is NCNc1cccc(N2Cc3cc(Nc4ccncc4)ccc3C2=O)c1. The fourth-order valence-electron chi connectivity index (χ4n) is 3.11. The number of anilines is 4. The fourth-order valence-corrected chi connectivity index (χ4v) is 3.11. The van der Waals surface area contributed by atoms with Crippen LogP contribution in [0.1, 0.15) is 15.9 Å². The van der Waals surface area contributed by atoms with Crippen molar-refractivity contribution in [1.29, 1.82) is 0 Å². The van der Waals surface area contributed by atoms with Gasteiger partial charge in [0.1, 0.15) is 0 Å². The third-order valence-corrected chi connectivity index (χ3v) is 4.34. The Morgan fingerprint density at radius 2 is 1.85 bits per heavy atom. The van der Waals surface area contributed by atoms with Gasteiger partial charge in [-0.2, -0.15) is 0 Å². The summed E-state index contributed by atoms with van der Waals surface area (Å²) in [6.07, 6.45) is 3.48. The van der Waals surface area contributed by atoms with Crippen LogP contribution >= 0.6 is 0 Å². The van der Waals surface area contributed by atoms with Crippen molar-refractivity contribution < 1.29 is 4.79 Å². The van der Waals surface area contributed by atoms with Crippen molar-refractivity contribution >= 4 is 28.7 Å². The number of hydrogen-bond acceptors (Lipinski definition) is 5. The Morgan fingerprint density at radius 3 is 2.65 bits per heavy atom. The summed E-state index contributed by atoms with van der Waals surface area (Å²) in [7, 11) is 0. The number of benzene rings is 2. The molecule has 0 spiro atoms. The van der Waals surface area contributed by atoms with Crippen LogP contribution in [0.25, 0.3) is 0 Å². The summed E-state index contributed by atoms with van der Waals surface area (Å²) in [5.41, 5.74) is 10.9. The first-order valence-electron chi connectivity index (χ1n) is 8.40. The number of hydrogen-bond donors (Lipinski definition) is 3. The maximum Gasteiger partial charge on any atom is 0.258 e.